The summed E-state index contributed by atoms with van der Waals surface area (Å²) < 4.78 is 18.4. The number of carbonyl (C=O) groups excluding carboxylic acids is 2. The molecule has 1 spiro atoms. The van der Waals surface area contributed by atoms with E-state index in [9.17, 15) is 19.8 Å². The van der Waals surface area contributed by atoms with E-state index >= 15 is 0 Å². The summed E-state index contributed by atoms with van der Waals surface area (Å²) in [5.41, 5.74) is -1.24. The predicted octanol–water partition coefficient (Wildman–Crippen LogP) is 3.62. The number of nitrogens with one attached hydrogen (secondary N) is 1. The number of ketones is 1. The first-order valence-electron chi connectivity index (χ1n) is 14.1. The summed E-state index contributed by atoms with van der Waals surface area (Å²) in [7, 11) is 0. The molecule has 7 atom stereocenters. The van der Waals surface area contributed by atoms with Gasteiger partial charge in [0.25, 0.3) is 0 Å². The Bertz CT molecular complexity index is 1470. The fourth-order valence-corrected chi connectivity index (χ4v) is 8.66. The number of rotatable bonds is 2. The van der Waals surface area contributed by atoms with Crippen molar-refractivity contribution >= 4 is 22.7 Å². The molecule has 3 fully saturated rings. The Hall–Kier alpha value is -2.52. The number of aromatic nitrogens is 1. The molecule has 2 aromatic rings. The van der Waals surface area contributed by atoms with Gasteiger partial charge in [0, 0.05) is 39.4 Å². The highest BCUT2D eigenvalue weighted by Gasteiger charge is 2.74. The first kappa shape index (κ1) is 25.4. The normalized spacial score (nSPS) is 42.7. The molecule has 208 valence electrons. The van der Waals surface area contributed by atoms with Gasteiger partial charge in [-0.25, -0.2) is 4.79 Å². The molecular weight excluding hydrogens is 498 g/mol. The topological polar surface area (TPSA) is 118 Å². The minimum Gasteiger partial charge on any atom is -0.451 e. The van der Waals surface area contributed by atoms with E-state index < -0.39 is 40.1 Å². The molecule has 2 aliphatic heterocycles. The predicted molar refractivity (Wildman–Crippen MR) is 142 cm³/mol. The van der Waals surface area contributed by atoms with Gasteiger partial charge in [0.05, 0.1) is 12.2 Å². The largest absolute Gasteiger partial charge is 0.451 e. The summed E-state index contributed by atoms with van der Waals surface area (Å²) in [6.45, 7) is 8.63. The van der Waals surface area contributed by atoms with Crippen molar-refractivity contribution in [3.8, 4) is 0 Å². The zero-order valence-electron chi connectivity index (χ0n) is 23.2. The number of fused-ring (bicyclic) bond motifs is 9. The number of aliphatic hydroxyl groups is 2. The molecule has 1 saturated heterocycles. The molecule has 5 aliphatic rings. The van der Waals surface area contributed by atoms with Crippen LogP contribution in [0.4, 0.5) is 0 Å². The molecule has 39 heavy (non-hydrogen) atoms. The zero-order valence-corrected chi connectivity index (χ0v) is 23.2. The van der Waals surface area contributed by atoms with E-state index in [0.717, 1.165) is 18.4 Å². The third kappa shape index (κ3) is 2.93. The number of hydrogen-bond acceptors (Lipinski definition) is 7. The Kier molecular flexibility index (Phi) is 4.83. The van der Waals surface area contributed by atoms with Gasteiger partial charge in [-0.05, 0) is 70.1 Å². The van der Waals surface area contributed by atoms with Gasteiger partial charge in [-0.1, -0.05) is 32.0 Å². The van der Waals surface area contributed by atoms with Crippen LogP contribution in [0.2, 0.25) is 0 Å². The second-order valence-electron chi connectivity index (χ2n) is 13.6. The third-order valence-corrected chi connectivity index (χ3v) is 11.1. The lowest BCUT2D eigenvalue weighted by molar-refractivity contribution is -0.351. The van der Waals surface area contributed by atoms with Crippen LogP contribution in [-0.4, -0.2) is 62.3 Å². The first-order chi connectivity index (χ1) is 18.2. The van der Waals surface area contributed by atoms with Crippen LogP contribution in [0.1, 0.15) is 71.6 Å². The summed E-state index contributed by atoms with van der Waals surface area (Å²) in [4.78, 5) is 29.9. The van der Waals surface area contributed by atoms with Crippen molar-refractivity contribution in [2.24, 2.45) is 11.3 Å². The Balaban J connectivity index is 1.31. The Morgan fingerprint density at radius 1 is 1.15 bits per heavy atom. The monoisotopic (exact) mass is 535 g/mol. The Morgan fingerprint density at radius 2 is 1.90 bits per heavy atom. The van der Waals surface area contributed by atoms with Gasteiger partial charge in [0.2, 0.25) is 0 Å². The van der Waals surface area contributed by atoms with Gasteiger partial charge in [0.15, 0.2) is 28.9 Å². The second-order valence-corrected chi connectivity index (χ2v) is 13.6. The fourth-order valence-electron chi connectivity index (χ4n) is 8.66. The minimum atomic E-state index is -1.73. The molecule has 3 heterocycles. The summed E-state index contributed by atoms with van der Waals surface area (Å²) in [5.74, 6) is -2.11. The van der Waals surface area contributed by atoms with Gasteiger partial charge in [-0.2, -0.15) is 0 Å². The molecule has 3 aliphatic carbocycles. The van der Waals surface area contributed by atoms with E-state index in [1.54, 1.807) is 6.92 Å². The SMILES string of the molecule is CC(C)(O)C(=O)O[C@]1(C)CO[C@@]23CC[C@@]4(C)[C@@]5(C)c6[nH]c7ccccc7c6C[C@@H]5CC[C@]4(O)C2=CC(=O)[C@H]1O3. The van der Waals surface area contributed by atoms with Crippen LogP contribution < -0.4 is 0 Å². The van der Waals surface area contributed by atoms with Crippen molar-refractivity contribution in [2.75, 3.05) is 6.61 Å². The molecule has 1 aromatic heterocycles. The van der Waals surface area contributed by atoms with E-state index in [1.807, 2.05) is 6.07 Å². The van der Waals surface area contributed by atoms with Crippen LogP contribution in [0.5, 0.6) is 0 Å². The Morgan fingerprint density at radius 3 is 2.64 bits per heavy atom. The smallest absolute Gasteiger partial charge is 0.338 e. The second kappa shape index (κ2) is 7.40. The van der Waals surface area contributed by atoms with Crippen LogP contribution in [0.3, 0.4) is 0 Å². The maximum atomic E-state index is 13.6. The lowest BCUT2D eigenvalue weighted by Gasteiger charge is -2.67. The van der Waals surface area contributed by atoms with Crippen molar-refractivity contribution in [1.29, 1.82) is 0 Å². The number of esters is 1. The molecule has 1 aromatic carbocycles. The number of aromatic amines is 1. The minimum absolute atomic E-state index is 0.0819. The van der Waals surface area contributed by atoms with Crippen molar-refractivity contribution < 1.29 is 34.0 Å². The molecule has 2 saturated carbocycles. The highest BCUT2D eigenvalue weighted by Crippen LogP contribution is 2.71. The Labute approximate surface area is 227 Å². The molecule has 7 rings (SSSR count). The number of H-pyrrole nitrogens is 1. The van der Waals surface area contributed by atoms with Crippen LogP contribution >= 0.6 is 0 Å². The van der Waals surface area contributed by atoms with Gasteiger partial charge >= 0.3 is 5.97 Å². The molecule has 8 nitrogen and oxygen atoms in total. The van der Waals surface area contributed by atoms with E-state index in [2.05, 4.69) is 37.0 Å². The highest BCUT2D eigenvalue weighted by atomic mass is 16.7. The van der Waals surface area contributed by atoms with Gasteiger partial charge in [-0.15, -0.1) is 0 Å². The average Bonchev–Trinajstić information content (AvgIpc) is 3.39. The number of carbonyl (C=O) groups is 2. The van der Waals surface area contributed by atoms with Crippen molar-refractivity contribution in [3.05, 3.63) is 47.2 Å². The van der Waals surface area contributed by atoms with Gasteiger partial charge in [0.1, 0.15) is 0 Å². The van der Waals surface area contributed by atoms with Crippen molar-refractivity contribution in [3.63, 3.8) is 0 Å². The molecule has 2 bridgehead atoms. The molecule has 3 N–H and O–H groups in total. The molecule has 0 radical (unpaired) electrons. The van der Waals surface area contributed by atoms with E-state index in [-0.39, 0.29) is 17.8 Å². The van der Waals surface area contributed by atoms with E-state index in [4.69, 9.17) is 14.2 Å². The number of para-hydroxylation sites is 1. The fraction of sp³-hybridized carbons (Fsp3) is 0.613. The van der Waals surface area contributed by atoms with E-state index in [0.29, 0.717) is 30.8 Å². The molecular formula is C31H37NO7. The maximum Gasteiger partial charge on any atom is 0.338 e. The lowest BCUT2D eigenvalue weighted by Crippen LogP contribution is -2.74. The summed E-state index contributed by atoms with van der Waals surface area (Å²) in [6, 6.07) is 8.38. The molecule has 8 heteroatoms. The van der Waals surface area contributed by atoms with Crippen LogP contribution in [0.25, 0.3) is 10.9 Å². The van der Waals surface area contributed by atoms with E-state index in [1.165, 1.54) is 36.6 Å². The number of benzene rings is 1. The lowest BCUT2D eigenvalue weighted by atomic mass is 9.42. The van der Waals surface area contributed by atoms with Crippen LogP contribution in [-0.2, 0) is 35.6 Å². The quantitative estimate of drug-likeness (QED) is 0.503. The summed E-state index contributed by atoms with van der Waals surface area (Å²) >= 11 is 0. The van der Waals surface area contributed by atoms with Crippen LogP contribution in [0.15, 0.2) is 35.9 Å². The maximum absolute atomic E-state index is 13.6. The van der Waals surface area contributed by atoms with Gasteiger partial charge in [-0.3, -0.25) is 4.79 Å². The highest BCUT2D eigenvalue weighted by molar-refractivity contribution is 5.97. The molecule has 0 unspecified atom stereocenters. The number of ether oxygens (including phenoxy) is 3. The standard InChI is InChI=1S/C31H37NO7/c1-26(2,35)25(34)39-27(3)16-37-31-13-12-28(4)29(5)17(14-19-18-8-6-7-9-20(18)32-23(19)29)10-11-30(28,36)22(31)15-21(33)24(27)38-31/h6-9,15,17,24,32,35-36H,10-14,16H2,1-5H3/t17-,24+,27+,28-,29+,30-,31+/m0/s1. The van der Waals surface area contributed by atoms with Gasteiger partial charge < -0.3 is 29.4 Å². The van der Waals surface area contributed by atoms with Crippen molar-refractivity contribution in [2.45, 2.75) is 101 Å². The van der Waals surface area contributed by atoms with Crippen molar-refractivity contribution in [1.82, 2.24) is 4.98 Å². The summed E-state index contributed by atoms with van der Waals surface area (Å²) in [5, 5.41) is 24.1. The first-order valence-corrected chi connectivity index (χ1v) is 14.1. The zero-order chi connectivity index (χ0) is 27.8. The molecule has 0 amide bonds. The summed E-state index contributed by atoms with van der Waals surface area (Å²) in [6.07, 6.45) is 3.79. The average molecular weight is 536 g/mol. The third-order valence-electron chi connectivity index (χ3n) is 11.1. The van der Waals surface area contributed by atoms with Crippen LogP contribution in [0, 0.1) is 11.3 Å². The number of hydrogen-bond donors (Lipinski definition) is 3.